The summed E-state index contributed by atoms with van der Waals surface area (Å²) < 4.78 is 37.9. The Morgan fingerprint density at radius 2 is 1.95 bits per heavy atom. The molecule has 20 heavy (non-hydrogen) atoms. The Bertz CT molecular complexity index is 451. The Kier molecular flexibility index (Phi) is 5.21. The molecular formula is C13H19F3N2O2. The van der Waals surface area contributed by atoms with Crippen LogP contribution in [-0.4, -0.2) is 33.9 Å². The number of amides is 1. The minimum atomic E-state index is -4.39. The second kappa shape index (κ2) is 6.30. The number of carbonyl (C=O) groups is 1. The lowest BCUT2D eigenvalue weighted by atomic mass is 9.97. The van der Waals surface area contributed by atoms with E-state index < -0.39 is 24.2 Å². The van der Waals surface area contributed by atoms with Gasteiger partial charge in [-0.25, -0.2) is 0 Å². The Labute approximate surface area is 115 Å². The van der Waals surface area contributed by atoms with Crippen molar-refractivity contribution < 1.29 is 23.1 Å². The largest absolute Gasteiger partial charge is 0.406 e. The number of aromatic nitrogens is 1. The zero-order valence-corrected chi connectivity index (χ0v) is 11.5. The molecule has 0 saturated carbocycles. The first-order valence-corrected chi connectivity index (χ1v) is 6.43. The summed E-state index contributed by atoms with van der Waals surface area (Å²) in [5.41, 5.74) is -1.10. The highest BCUT2D eigenvalue weighted by Crippen LogP contribution is 2.19. The number of nitrogens with zero attached hydrogens (tertiary/aromatic N) is 1. The molecule has 7 heteroatoms. The molecule has 0 spiro atoms. The van der Waals surface area contributed by atoms with Crippen LogP contribution in [0.15, 0.2) is 18.3 Å². The second-order valence-corrected chi connectivity index (χ2v) is 4.75. The van der Waals surface area contributed by atoms with E-state index in [2.05, 4.69) is 5.32 Å². The van der Waals surface area contributed by atoms with Crippen LogP contribution in [0.1, 0.15) is 37.2 Å². The topological polar surface area (TPSA) is 54.3 Å². The molecule has 0 aromatic carbocycles. The van der Waals surface area contributed by atoms with Crippen LogP contribution in [0.5, 0.6) is 0 Å². The maximum absolute atomic E-state index is 12.4. The van der Waals surface area contributed by atoms with E-state index in [0.29, 0.717) is 12.8 Å². The van der Waals surface area contributed by atoms with Gasteiger partial charge in [-0.1, -0.05) is 13.8 Å². The van der Waals surface area contributed by atoms with Gasteiger partial charge in [0.05, 0.1) is 5.60 Å². The molecule has 0 aliphatic rings. The number of hydrogen-bond donors (Lipinski definition) is 2. The van der Waals surface area contributed by atoms with Crippen LogP contribution in [0.4, 0.5) is 13.2 Å². The highest BCUT2D eigenvalue weighted by atomic mass is 19.4. The lowest BCUT2D eigenvalue weighted by Crippen LogP contribution is -2.42. The number of carbonyl (C=O) groups excluding carboxylic acids is 1. The van der Waals surface area contributed by atoms with E-state index in [9.17, 15) is 23.1 Å². The molecule has 0 radical (unpaired) electrons. The molecule has 1 amide bonds. The monoisotopic (exact) mass is 292 g/mol. The smallest absolute Gasteiger partial charge is 0.388 e. The Morgan fingerprint density at radius 1 is 1.35 bits per heavy atom. The SMILES string of the molecule is CCC(O)(CC)CNC(=O)c1cccn1CC(F)(F)F. The van der Waals surface area contributed by atoms with Crippen LogP contribution in [0.2, 0.25) is 0 Å². The van der Waals surface area contributed by atoms with Crippen LogP contribution in [-0.2, 0) is 6.54 Å². The summed E-state index contributed by atoms with van der Waals surface area (Å²) in [5, 5.41) is 12.5. The van der Waals surface area contributed by atoms with Crippen molar-refractivity contribution in [1.82, 2.24) is 9.88 Å². The molecular weight excluding hydrogens is 273 g/mol. The minimum Gasteiger partial charge on any atom is -0.388 e. The van der Waals surface area contributed by atoms with E-state index in [4.69, 9.17) is 0 Å². The third-order valence-corrected chi connectivity index (χ3v) is 3.31. The summed E-state index contributed by atoms with van der Waals surface area (Å²) in [6.45, 7) is 2.36. The molecule has 0 aliphatic heterocycles. The maximum Gasteiger partial charge on any atom is 0.406 e. The van der Waals surface area contributed by atoms with Crippen molar-refractivity contribution in [2.45, 2.75) is 45.0 Å². The first-order valence-electron chi connectivity index (χ1n) is 6.43. The highest BCUT2D eigenvalue weighted by molar-refractivity contribution is 5.92. The van der Waals surface area contributed by atoms with Gasteiger partial charge >= 0.3 is 6.18 Å². The van der Waals surface area contributed by atoms with Crippen molar-refractivity contribution in [1.29, 1.82) is 0 Å². The van der Waals surface area contributed by atoms with E-state index >= 15 is 0 Å². The molecule has 1 heterocycles. The molecule has 0 bridgehead atoms. The highest BCUT2D eigenvalue weighted by Gasteiger charge is 2.30. The fourth-order valence-electron chi connectivity index (χ4n) is 1.79. The normalized spacial score (nSPS) is 12.5. The third kappa shape index (κ3) is 4.56. The van der Waals surface area contributed by atoms with Gasteiger partial charge in [0.25, 0.3) is 5.91 Å². The lowest BCUT2D eigenvalue weighted by molar-refractivity contribution is -0.140. The summed E-state index contributed by atoms with van der Waals surface area (Å²) in [7, 11) is 0. The number of rotatable bonds is 6. The average Bonchev–Trinajstić information content (AvgIpc) is 2.81. The minimum absolute atomic E-state index is 0.00995. The molecule has 0 saturated heterocycles. The van der Waals surface area contributed by atoms with Crippen LogP contribution < -0.4 is 5.32 Å². The van der Waals surface area contributed by atoms with E-state index in [0.717, 1.165) is 4.57 Å². The fourth-order valence-corrected chi connectivity index (χ4v) is 1.79. The molecule has 1 rings (SSSR count). The zero-order valence-electron chi connectivity index (χ0n) is 11.5. The van der Waals surface area contributed by atoms with E-state index in [-0.39, 0.29) is 12.2 Å². The van der Waals surface area contributed by atoms with Crippen molar-refractivity contribution in [2.24, 2.45) is 0 Å². The third-order valence-electron chi connectivity index (χ3n) is 3.31. The molecule has 0 aliphatic carbocycles. The zero-order chi connectivity index (χ0) is 15.4. The van der Waals surface area contributed by atoms with Gasteiger partial charge in [-0.3, -0.25) is 4.79 Å². The van der Waals surface area contributed by atoms with Crippen molar-refractivity contribution in [3.8, 4) is 0 Å². The number of hydrogen-bond acceptors (Lipinski definition) is 2. The van der Waals surface area contributed by atoms with E-state index in [1.54, 1.807) is 13.8 Å². The quantitative estimate of drug-likeness (QED) is 0.845. The Hall–Kier alpha value is -1.50. The summed E-state index contributed by atoms with van der Waals surface area (Å²) >= 11 is 0. The van der Waals surface area contributed by atoms with Crippen molar-refractivity contribution >= 4 is 5.91 Å². The van der Waals surface area contributed by atoms with Gasteiger partial charge < -0.3 is 15.0 Å². The van der Waals surface area contributed by atoms with E-state index in [1.165, 1.54) is 18.3 Å². The molecule has 2 N–H and O–H groups in total. The Morgan fingerprint density at radius 3 is 2.45 bits per heavy atom. The molecule has 1 aromatic heterocycles. The van der Waals surface area contributed by atoms with Crippen molar-refractivity contribution in [3.05, 3.63) is 24.0 Å². The molecule has 4 nitrogen and oxygen atoms in total. The van der Waals surface area contributed by atoms with Crippen LogP contribution in [0, 0.1) is 0 Å². The first kappa shape index (κ1) is 16.6. The van der Waals surface area contributed by atoms with Gasteiger partial charge in [-0.15, -0.1) is 0 Å². The summed E-state index contributed by atoms with van der Waals surface area (Å²) in [6, 6.07) is 2.70. The molecule has 0 unspecified atom stereocenters. The lowest BCUT2D eigenvalue weighted by Gasteiger charge is -2.25. The van der Waals surface area contributed by atoms with Gasteiger partial charge in [0.2, 0.25) is 0 Å². The number of nitrogens with one attached hydrogen (secondary N) is 1. The molecule has 1 aromatic rings. The van der Waals surface area contributed by atoms with Gasteiger partial charge in [-0.2, -0.15) is 13.2 Å². The van der Waals surface area contributed by atoms with Crippen molar-refractivity contribution in [3.63, 3.8) is 0 Å². The first-order chi connectivity index (χ1) is 9.21. The molecule has 0 fully saturated rings. The van der Waals surface area contributed by atoms with Gasteiger partial charge in [0, 0.05) is 12.7 Å². The predicted octanol–water partition coefficient (Wildman–Crippen LogP) is 2.33. The summed E-state index contributed by atoms with van der Waals surface area (Å²) in [6.07, 6.45) is -2.28. The van der Waals surface area contributed by atoms with Crippen LogP contribution in [0.25, 0.3) is 0 Å². The molecule has 114 valence electrons. The fraction of sp³-hybridized carbons (Fsp3) is 0.615. The maximum atomic E-state index is 12.4. The molecule has 0 atom stereocenters. The van der Waals surface area contributed by atoms with Gasteiger partial charge in [-0.05, 0) is 25.0 Å². The number of aliphatic hydroxyl groups is 1. The Balaban J connectivity index is 2.72. The number of halogens is 3. The van der Waals surface area contributed by atoms with Crippen molar-refractivity contribution in [2.75, 3.05) is 6.54 Å². The van der Waals surface area contributed by atoms with Crippen LogP contribution >= 0.6 is 0 Å². The number of alkyl halides is 3. The summed E-state index contributed by atoms with van der Waals surface area (Å²) in [4.78, 5) is 11.9. The van der Waals surface area contributed by atoms with Crippen LogP contribution in [0.3, 0.4) is 0 Å². The van der Waals surface area contributed by atoms with Gasteiger partial charge in [0.1, 0.15) is 12.2 Å². The predicted molar refractivity (Wildman–Crippen MR) is 68.4 cm³/mol. The summed E-state index contributed by atoms with van der Waals surface area (Å²) in [5.74, 6) is -0.625. The standard InChI is InChI=1S/C13H19F3N2O2/c1-3-12(20,4-2)8-17-11(19)10-6-5-7-18(10)9-13(14,15)16/h5-7,20H,3-4,8-9H2,1-2H3,(H,17,19). The second-order valence-electron chi connectivity index (χ2n) is 4.75. The van der Waals surface area contributed by atoms with Gasteiger partial charge in [0.15, 0.2) is 0 Å². The van der Waals surface area contributed by atoms with E-state index in [1.807, 2.05) is 0 Å². The average molecular weight is 292 g/mol.